The minimum Gasteiger partial charge on any atom is -0.497 e. The number of benzene rings is 4. The number of carbonyl (C=O) groups excluding carboxylic acids is 3. The predicted octanol–water partition coefficient (Wildman–Crippen LogP) is 6.09. The summed E-state index contributed by atoms with van der Waals surface area (Å²) in [6.45, 7) is 5.76. The number of anilines is 1. The van der Waals surface area contributed by atoms with Crippen LogP contribution in [0.25, 0.3) is 10.8 Å². The SMILES string of the molecule is COc1ccc(Cn2ccc(C)c(NC(=O)C(Cc3ccc(C(C)(C)C=O)cc3)N(C)C(=O)Cc3ccc4ccccc4c3)c2=O)cc1. The predicted molar refractivity (Wildman–Crippen MR) is 190 cm³/mol. The van der Waals surface area contributed by atoms with Crippen molar-refractivity contribution in [3.05, 3.63) is 141 Å². The van der Waals surface area contributed by atoms with Crippen molar-refractivity contribution in [3.8, 4) is 5.75 Å². The molecule has 5 aromatic rings. The first-order chi connectivity index (χ1) is 23.0. The molecule has 0 aliphatic heterocycles. The highest BCUT2D eigenvalue weighted by atomic mass is 16.5. The first-order valence-electron chi connectivity index (χ1n) is 15.9. The second-order valence-electron chi connectivity index (χ2n) is 12.8. The molecule has 48 heavy (non-hydrogen) atoms. The molecule has 2 amide bonds. The minimum absolute atomic E-state index is 0.108. The van der Waals surface area contributed by atoms with E-state index in [2.05, 4.69) is 5.32 Å². The molecular weight excluding hydrogens is 602 g/mol. The number of carbonyl (C=O) groups is 3. The number of rotatable bonds is 12. The van der Waals surface area contributed by atoms with Gasteiger partial charge in [0.25, 0.3) is 5.56 Å². The van der Waals surface area contributed by atoms with Crippen LogP contribution in [0.15, 0.2) is 108 Å². The number of likely N-dealkylation sites (N-methyl/N-ethyl adjacent to an activating group) is 1. The van der Waals surface area contributed by atoms with Crippen LogP contribution in [0, 0.1) is 6.92 Å². The van der Waals surface area contributed by atoms with Gasteiger partial charge in [-0.25, -0.2) is 0 Å². The summed E-state index contributed by atoms with van der Waals surface area (Å²) in [4.78, 5) is 54.6. The zero-order valence-corrected chi connectivity index (χ0v) is 28.0. The van der Waals surface area contributed by atoms with Gasteiger partial charge < -0.3 is 24.3 Å². The van der Waals surface area contributed by atoms with Crippen molar-refractivity contribution >= 4 is 34.6 Å². The van der Waals surface area contributed by atoms with Crippen molar-refractivity contribution in [1.29, 1.82) is 0 Å². The van der Waals surface area contributed by atoms with Gasteiger partial charge in [0, 0.05) is 25.1 Å². The summed E-state index contributed by atoms with van der Waals surface area (Å²) in [5.41, 5.74) is 3.18. The highest BCUT2D eigenvalue weighted by Gasteiger charge is 2.29. The zero-order valence-electron chi connectivity index (χ0n) is 28.0. The Morgan fingerprint density at radius 2 is 1.54 bits per heavy atom. The highest BCUT2D eigenvalue weighted by molar-refractivity contribution is 5.98. The molecule has 1 N–H and O–H groups in total. The Labute approximate surface area is 281 Å². The molecule has 0 fully saturated rings. The van der Waals surface area contributed by atoms with Crippen LogP contribution in [-0.4, -0.2) is 47.8 Å². The number of aromatic nitrogens is 1. The maximum absolute atomic E-state index is 14.1. The summed E-state index contributed by atoms with van der Waals surface area (Å²) < 4.78 is 6.78. The van der Waals surface area contributed by atoms with Crippen molar-refractivity contribution in [3.63, 3.8) is 0 Å². The van der Waals surface area contributed by atoms with E-state index in [-0.39, 0.29) is 30.0 Å². The lowest BCUT2D eigenvalue weighted by atomic mass is 9.85. The van der Waals surface area contributed by atoms with Crippen LogP contribution in [0.4, 0.5) is 5.69 Å². The van der Waals surface area contributed by atoms with Crippen molar-refractivity contribution in [2.75, 3.05) is 19.5 Å². The van der Waals surface area contributed by atoms with Gasteiger partial charge in [-0.05, 0) is 77.6 Å². The van der Waals surface area contributed by atoms with Gasteiger partial charge >= 0.3 is 0 Å². The number of hydrogen-bond donors (Lipinski definition) is 1. The van der Waals surface area contributed by atoms with Crippen molar-refractivity contribution in [2.45, 2.75) is 51.6 Å². The fraction of sp³-hybridized carbons (Fsp3) is 0.250. The molecular formula is C40H41N3O5. The summed E-state index contributed by atoms with van der Waals surface area (Å²) in [6.07, 6.45) is 2.92. The lowest BCUT2D eigenvalue weighted by Gasteiger charge is -2.28. The quantitative estimate of drug-likeness (QED) is 0.166. The third kappa shape index (κ3) is 7.72. The molecule has 0 bridgehead atoms. The number of aldehydes is 1. The molecule has 1 aromatic heterocycles. The number of amides is 2. The summed E-state index contributed by atoms with van der Waals surface area (Å²) in [5, 5.41) is 4.99. The number of nitrogens with one attached hydrogen (secondary N) is 1. The molecule has 246 valence electrons. The van der Waals surface area contributed by atoms with Gasteiger partial charge in [-0.2, -0.15) is 0 Å². The highest BCUT2D eigenvalue weighted by Crippen LogP contribution is 2.23. The van der Waals surface area contributed by atoms with Crippen LogP contribution in [0.5, 0.6) is 5.75 Å². The molecule has 8 heteroatoms. The second kappa shape index (κ2) is 14.5. The third-order valence-corrected chi connectivity index (χ3v) is 8.89. The van der Waals surface area contributed by atoms with Crippen LogP contribution in [0.2, 0.25) is 0 Å². The second-order valence-corrected chi connectivity index (χ2v) is 12.8. The van der Waals surface area contributed by atoms with E-state index in [4.69, 9.17) is 4.74 Å². The van der Waals surface area contributed by atoms with Crippen LogP contribution in [0.1, 0.15) is 41.7 Å². The maximum atomic E-state index is 14.1. The molecule has 0 aliphatic rings. The summed E-state index contributed by atoms with van der Waals surface area (Å²) >= 11 is 0. The molecule has 5 rings (SSSR count). The molecule has 0 saturated carbocycles. The lowest BCUT2D eigenvalue weighted by Crippen LogP contribution is -2.47. The zero-order chi connectivity index (χ0) is 34.4. The molecule has 0 saturated heterocycles. The fourth-order valence-electron chi connectivity index (χ4n) is 5.66. The molecule has 0 spiro atoms. The smallest absolute Gasteiger partial charge is 0.274 e. The van der Waals surface area contributed by atoms with Gasteiger partial charge in [0.1, 0.15) is 23.8 Å². The van der Waals surface area contributed by atoms with E-state index >= 15 is 0 Å². The van der Waals surface area contributed by atoms with Gasteiger partial charge in [-0.1, -0.05) is 78.9 Å². The Bertz CT molecular complexity index is 2000. The average molecular weight is 644 g/mol. The summed E-state index contributed by atoms with van der Waals surface area (Å²) in [6, 6.07) is 29.6. The number of hydrogen-bond acceptors (Lipinski definition) is 5. The number of ether oxygens (including phenoxy) is 1. The van der Waals surface area contributed by atoms with Crippen molar-refractivity contribution in [2.24, 2.45) is 0 Å². The number of methoxy groups -OCH3 is 1. The van der Waals surface area contributed by atoms with E-state index in [1.807, 2.05) is 105 Å². The monoisotopic (exact) mass is 643 g/mol. The van der Waals surface area contributed by atoms with E-state index in [1.54, 1.807) is 37.9 Å². The maximum Gasteiger partial charge on any atom is 0.274 e. The van der Waals surface area contributed by atoms with Crippen molar-refractivity contribution < 1.29 is 19.1 Å². The van der Waals surface area contributed by atoms with E-state index in [0.717, 1.165) is 45.1 Å². The van der Waals surface area contributed by atoms with Gasteiger partial charge in [0.2, 0.25) is 11.8 Å². The molecule has 0 radical (unpaired) electrons. The third-order valence-electron chi connectivity index (χ3n) is 8.89. The van der Waals surface area contributed by atoms with Crippen molar-refractivity contribution in [1.82, 2.24) is 9.47 Å². The lowest BCUT2D eigenvalue weighted by molar-refractivity contribution is -0.136. The number of nitrogens with zero attached hydrogens (tertiary/aromatic N) is 2. The number of pyridine rings is 1. The van der Waals surface area contributed by atoms with Gasteiger partial charge in [0.15, 0.2) is 0 Å². The normalized spacial score (nSPS) is 11.9. The first-order valence-corrected chi connectivity index (χ1v) is 15.9. The molecule has 0 aliphatic carbocycles. The van der Waals surface area contributed by atoms with E-state index < -0.39 is 17.4 Å². The molecule has 1 heterocycles. The van der Waals surface area contributed by atoms with E-state index in [9.17, 15) is 19.2 Å². The van der Waals surface area contributed by atoms with Gasteiger partial charge in [0.05, 0.1) is 20.1 Å². The minimum atomic E-state index is -0.920. The van der Waals surface area contributed by atoms with E-state index in [0.29, 0.717) is 12.1 Å². The number of fused-ring (bicyclic) bond motifs is 1. The number of aryl methyl sites for hydroxylation is 1. The Morgan fingerprint density at radius 1 is 0.896 bits per heavy atom. The van der Waals surface area contributed by atoms with Gasteiger partial charge in [-0.3, -0.25) is 14.4 Å². The van der Waals surface area contributed by atoms with Crippen LogP contribution >= 0.6 is 0 Å². The van der Waals surface area contributed by atoms with Crippen LogP contribution in [-0.2, 0) is 39.2 Å². The Morgan fingerprint density at radius 3 is 2.21 bits per heavy atom. The molecule has 4 aromatic carbocycles. The Balaban J connectivity index is 1.42. The van der Waals surface area contributed by atoms with Gasteiger partial charge in [-0.15, -0.1) is 0 Å². The van der Waals surface area contributed by atoms with Crippen LogP contribution in [0.3, 0.4) is 0 Å². The molecule has 1 atom stereocenters. The largest absolute Gasteiger partial charge is 0.497 e. The fourth-order valence-corrected chi connectivity index (χ4v) is 5.66. The first kappa shape index (κ1) is 33.9. The molecule has 8 nitrogen and oxygen atoms in total. The van der Waals surface area contributed by atoms with E-state index in [1.165, 1.54) is 4.90 Å². The Kier molecular flexibility index (Phi) is 10.2. The summed E-state index contributed by atoms with van der Waals surface area (Å²) in [7, 11) is 3.22. The average Bonchev–Trinajstić information content (AvgIpc) is 3.10. The summed E-state index contributed by atoms with van der Waals surface area (Å²) in [5.74, 6) is 0.0188. The molecule has 1 unspecified atom stereocenters. The standard InChI is InChI=1S/C40H41N3O5/c1-27-20-21-43(25-29-13-18-34(48-5)19-14-29)39(47)37(27)41-38(46)35(23-28-11-16-33(17-12-28)40(2,3)26-44)42(4)36(45)24-30-10-15-31-8-6-7-9-32(31)22-30/h6-22,26,35H,23-25H2,1-5H3,(H,41,46). The van der Waals surface area contributed by atoms with Crippen LogP contribution < -0.4 is 15.6 Å². The Hall–Kier alpha value is -5.50. The topological polar surface area (TPSA) is 97.7 Å².